The van der Waals surface area contributed by atoms with Crippen molar-refractivity contribution in [2.45, 2.75) is 0 Å². The molecule has 1 aromatic rings. The molecule has 0 saturated carbocycles. The van der Waals surface area contributed by atoms with Crippen LogP contribution in [0.15, 0.2) is 18.5 Å². The van der Waals surface area contributed by atoms with Crippen LogP contribution in [0.2, 0.25) is 0 Å². The third-order valence-corrected chi connectivity index (χ3v) is 1.52. The lowest BCUT2D eigenvalue weighted by Gasteiger charge is -2.01. The van der Waals surface area contributed by atoms with E-state index < -0.39 is 6.07 Å². The van der Waals surface area contributed by atoms with Crippen molar-refractivity contribution in [3.63, 3.8) is 0 Å². The van der Waals surface area contributed by atoms with Crippen molar-refractivity contribution in [1.29, 1.82) is 0 Å². The van der Waals surface area contributed by atoms with E-state index in [4.69, 9.17) is 22.5 Å². The lowest BCUT2D eigenvalue weighted by atomic mass is 10.7. The van der Waals surface area contributed by atoms with Gasteiger partial charge >= 0.3 is 12.1 Å². The Morgan fingerprint density at radius 2 is 1.91 bits per heavy atom. The first-order valence-electron chi connectivity index (χ1n) is 2.54. The maximum Gasteiger partial charge on any atom is 0.430 e. The third kappa shape index (κ3) is 3.56. The zero-order chi connectivity index (χ0) is 8.32. The maximum atomic E-state index is 10.6. The molecular weight excluding hydrogens is 210 g/mol. The van der Waals surface area contributed by atoms with Gasteiger partial charge in [0.25, 0.3) is 0 Å². The Balaban J connectivity index is 2.74. The first-order valence-corrected chi connectivity index (χ1v) is 5.97. The van der Waals surface area contributed by atoms with Crippen LogP contribution in [0.25, 0.3) is 0 Å². The fourth-order valence-electron chi connectivity index (χ4n) is 0.428. The Labute approximate surface area is 72.6 Å². The number of nitrogens with zero attached hydrogens (tertiary/aromatic N) is 2. The quantitative estimate of drug-likeness (QED) is 0.707. The van der Waals surface area contributed by atoms with Gasteiger partial charge in [-0.05, 0) is 6.07 Å². The molecular formula is C4H3Cl2N2O2P. The monoisotopic (exact) mass is 212 g/mol. The molecule has 0 amide bonds. The zero-order valence-electron chi connectivity index (χ0n) is 5.15. The summed E-state index contributed by atoms with van der Waals surface area (Å²) in [4.78, 5) is 7.18. The van der Waals surface area contributed by atoms with Crippen molar-refractivity contribution in [2.75, 3.05) is 0 Å². The minimum absolute atomic E-state index is 0.0965. The van der Waals surface area contributed by atoms with Gasteiger partial charge in [0.15, 0.2) is 0 Å². The molecule has 1 rings (SSSR count). The lowest BCUT2D eigenvalue weighted by Crippen LogP contribution is -1.87. The molecule has 7 heteroatoms. The molecule has 1 heterocycles. The molecule has 1 aromatic heterocycles. The molecule has 0 spiro atoms. The fourth-order valence-corrected chi connectivity index (χ4v) is 1.08. The summed E-state index contributed by atoms with van der Waals surface area (Å²) in [5.74, 6) is 0. The number of aromatic nitrogens is 2. The first-order chi connectivity index (χ1) is 5.08. The maximum absolute atomic E-state index is 10.6. The van der Waals surface area contributed by atoms with Crippen molar-refractivity contribution in [3.8, 4) is 6.01 Å². The van der Waals surface area contributed by atoms with Crippen molar-refractivity contribution < 1.29 is 9.09 Å². The average molecular weight is 213 g/mol. The molecule has 0 aliphatic carbocycles. The largest absolute Gasteiger partial charge is 0.430 e. The molecule has 0 aliphatic heterocycles. The van der Waals surface area contributed by atoms with Crippen molar-refractivity contribution in [1.82, 2.24) is 9.97 Å². The Morgan fingerprint density at radius 3 is 2.36 bits per heavy atom. The van der Waals surface area contributed by atoms with E-state index in [-0.39, 0.29) is 6.01 Å². The highest BCUT2D eigenvalue weighted by Crippen LogP contribution is 2.56. The van der Waals surface area contributed by atoms with Gasteiger partial charge in [-0.15, -0.1) is 0 Å². The van der Waals surface area contributed by atoms with Crippen LogP contribution in [0.5, 0.6) is 6.01 Å². The molecule has 0 saturated heterocycles. The fraction of sp³-hybridized carbons (Fsp3) is 0. The molecule has 0 aromatic carbocycles. The highest BCUT2D eigenvalue weighted by Gasteiger charge is 2.17. The summed E-state index contributed by atoms with van der Waals surface area (Å²) in [5, 5.41) is 0. The Hall–Kier alpha value is -0.310. The second-order valence-corrected chi connectivity index (χ2v) is 5.74. The van der Waals surface area contributed by atoms with Crippen LogP contribution >= 0.6 is 28.6 Å². The predicted molar refractivity (Wildman–Crippen MR) is 42.0 cm³/mol. The van der Waals surface area contributed by atoms with Crippen LogP contribution in [0.3, 0.4) is 0 Å². The number of rotatable bonds is 2. The van der Waals surface area contributed by atoms with Gasteiger partial charge in [-0.2, -0.15) is 0 Å². The summed E-state index contributed by atoms with van der Waals surface area (Å²) in [5.41, 5.74) is 0. The zero-order valence-corrected chi connectivity index (χ0v) is 7.55. The van der Waals surface area contributed by atoms with E-state index >= 15 is 0 Å². The smallest absolute Gasteiger partial charge is 0.387 e. The van der Waals surface area contributed by atoms with Gasteiger partial charge in [-0.1, -0.05) is 0 Å². The topological polar surface area (TPSA) is 52.1 Å². The molecule has 11 heavy (non-hydrogen) atoms. The van der Waals surface area contributed by atoms with Crippen molar-refractivity contribution in [3.05, 3.63) is 18.5 Å². The summed E-state index contributed by atoms with van der Waals surface area (Å²) in [7, 11) is 0. The Bertz CT molecular complexity index is 275. The SMILES string of the molecule is O=P(Cl)(Cl)Oc1ncccn1. The van der Waals surface area contributed by atoms with E-state index in [2.05, 4.69) is 14.5 Å². The molecule has 0 aliphatic rings. The average Bonchev–Trinajstić information content (AvgIpc) is 1.85. The van der Waals surface area contributed by atoms with Gasteiger partial charge in [0.2, 0.25) is 0 Å². The van der Waals surface area contributed by atoms with E-state index in [0.29, 0.717) is 0 Å². The molecule has 60 valence electrons. The molecule has 4 nitrogen and oxygen atoms in total. The van der Waals surface area contributed by atoms with Gasteiger partial charge in [0.05, 0.1) is 0 Å². The predicted octanol–water partition coefficient (Wildman–Crippen LogP) is 2.44. The van der Waals surface area contributed by atoms with Crippen LogP contribution in [-0.4, -0.2) is 9.97 Å². The highest BCUT2D eigenvalue weighted by atomic mass is 35.9. The summed E-state index contributed by atoms with van der Waals surface area (Å²) in [6.45, 7) is 0. The van der Waals surface area contributed by atoms with E-state index in [1.165, 1.54) is 12.4 Å². The van der Waals surface area contributed by atoms with Crippen LogP contribution in [0.1, 0.15) is 0 Å². The standard InChI is InChI=1S/C4H3Cl2N2O2P/c5-11(6,9)10-4-7-2-1-3-8-4/h1-3H. The van der Waals surface area contributed by atoms with Gasteiger partial charge in [-0.25, -0.2) is 14.5 Å². The second-order valence-electron chi connectivity index (χ2n) is 1.54. The second kappa shape index (κ2) is 3.39. The summed E-state index contributed by atoms with van der Waals surface area (Å²) < 4.78 is 15.1. The molecule has 0 N–H and O–H groups in total. The summed E-state index contributed by atoms with van der Waals surface area (Å²) >= 11 is 10.2. The van der Waals surface area contributed by atoms with Crippen LogP contribution < -0.4 is 4.52 Å². The van der Waals surface area contributed by atoms with E-state index in [1.54, 1.807) is 6.07 Å². The van der Waals surface area contributed by atoms with Crippen molar-refractivity contribution in [2.24, 2.45) is 0 Å². The van der Waals surface area contributed by atoms with E-state index in [9.17, 15) is 4.57 Å². The van der Waals surface area contributed by atoms with Gasteiger partial charge in [0.1, 0.15) is 0 Å². The van der Waals surface area contributed by atoms with Crippen molar-refractivity contribution >= 4 is 28.6 Å². The normalized spacial score (nSPS) is 11.1. The van der Waals surface area contributed by atoms with E-state index in [1.807, 2.05) is 0 Å². The van der Waals surface area contributed by atoms with Gasteiger partial charge in [0, 0.05) is 34.9 Å². The molecule has 0 fully saturated rings. The molecule has 0 atom stereocenters. The summed E-state index contributed by atoms with van der Waals surface area (Å²) in [6.07, 6.45) is -0.723. The van der Waals surface area contributed by atoms with Gasteiger partial charge in [-0.3, -0.25) is 0 Å². The molecule has 0 unspecified atom stereocenters. The lowest BCUT2D eigenvalue weighted by molar-refractivity contribution is 0.490. The highest BCUT2D eigenvalue weighted by molar-refractivity contribution is 8.05. The first kappa shape index (κ1) is 8.78. The molecule has 0 bridgehead atoms. The number of hydrogen-bond donors (Lipinski definition) is 0. The van der Waals surface area contributed by atoms with Gasteiger partial charge < -0.3 is 4.52 Å². The van der Waals surface area contributed by atoms with Crippen LogP contribution in [-0.2, 0) is 4.57 Å². The van der Waals surface area contributed by atoms with Crippen LogP contribution in [0.4, 0.5) is 0 Å². The minimum Gasteiger partial charge on any atom is -0.387 e. The minimum atomic E-state index is -3.57. The number of halogens is 2. The number of hydrogen-bond acceptors (Lipinski definition) is 4. The van der Waals surface area contributed by atoms with Crippen LogP contribution in [0, 0.1) is 0 Å². The Morgan fingerprint density at radius 1 is 1.36 bits per heavy atom. The Kier molecular flexibility index (Phi) is 2.71. The summed E-state index contributed by atoms with van der Waals surface area (Å²) in [6, 6.07) is 1.49. The molecule has 0 radical (unpaired) electrons. The van der Waals surface area contributed by atoms with E-state index in [0.717, 1.165) is 0 Å². The third-order valence-electron chi connectivity index (χ3n) is 0.730.